The van der Waals surface area contributed by atoms with E-state index in [1.165, 1.54) is 25.7 Å². The Kier molecular flexibility index (Phi) is 5.62. The van der Waals surface area contributed by atoms with Crippen molar-refractivity contribution in [3.8, 4) is 0 Å². The van der Waals surface area contributed by atoms with E-state index >= 15 is 0 Å². The highest BCUT2D eigenvalue weighted by molar-refractivity contribution is 4.74. The van der Waals surface area contributed by atoms with E-state index in [9.17, 15) is 0 Å². The Hall–Kier alpha value is -0.0800. The van der Waals surface area contributed by atoms with Gasteiger partial charge in [-0.3, -0.25) is 0 Å². The van der Waals surface area contributed by atoms with Gasteiger partial charge in [0.1, 0.15) is 0 Å². The van der Waals surface area contributed by atoms with Crippen molar-refractivity contribution in [3.05, 3.63) is 0 Å². The maximum Gasteiger partial charge on any atom is 0.0597 e. The van der Waals surface area contributed by atoms with Crippen molar-refractivity contribution in [2.45, 2.75) is 58.6 Å². The van der Waals surface area contributed by atoms with Gasteiger partial charge in [0, 0.05) is 12.6 Å². The highest BCUT2D eigenvalue weighted by Crippen LogP contribution is 2.22. The van der Waals surface area contributed by atoms with Crippen molar-refractivity contribution in [2.24, 2.45) is 5.92 Å². The van der Waals surface area contributed by atoms with Crippen LogP contribution >= 0.6 is 0 Å². The Bertz CT molecular complexity index is 164. The molecule has 0 aromatic heterocycles. The van der Waals surface area contributed by atoms with Gasteiger partial charge in [-0.15, -0.1) is 0 Å². The van der Waals surface area contributed by atoms with E-state index in [1.807, 2.05) is 0 Å². The minimum absolute atomic E-state index is 0.391. The van der Waals surface area contributed by atoms with Gasteiger partial charge in [0.2, 0.25) is 0 Å². The summed E-state index contributed by atoms with van der Waals surface area (Å²) in [6, 6.07) is 0.822. The van der Waals surface area contributed by atoms with Gasteiger partial charge >= 0.3 is 0 Å². The van der Waals surface area contributed by atoms with Crippen molar-refractivity contribution in [1.29, 1.82) is 0 Å². The molecule has 90 valence electrons. The number of hydrogen-bond acceptors (Lipinski definition) is 2. The molecule has 0 N–H and O–H groups in total. The Labute approximate surface area is 95.0 Å². The first-order chi connectivity index (χ1) is 7.11. The van der Waals surface area contributed by atoms with E-state index in [-0.39, 0.29) is 0 Å². The van der Waals surface area contributed by atoms with Crippen LogP contribution in [0.5, 0.6) is 0 Å². The molecule has 1 aliphatic carbocycles. The van der Waals surface area contributed by atoms with Crippen molar-refractivity contribution < 1.29 is 4.74 Å². The van der Waals surface area contributed by atoms with E-state index in [2.05, 4.69) is 32.7 Å². The van der Waals surface area contributed by atoms with E-state index in [1.54, 1.807) is 0 Å². The van der Waals surface area contributed by atoms with Gasteiger partial charge in [0.15, 0.2) is 0 Å². The summed E-state index contributed by atoms with van der Waals surface area (Å²) in [6.07, 6.45) is 5.99. The van der Waals surface area contributed by atoms with Gasteiger partial charge in [0.05, 0.1) is 12.7 Å². The Morgan fingerprint density at radius 3 is 2.33 bits per heavy atom. The molecule has 1 aliphatic rings. The normalized spacial score (nSPS) is 20.4. The van der Waals surface area contributed by atoms with Gasteiger partial charge in [-0.05, 0) is 32.7 Å². The lowest BCUT2D eigenvalue weighted by molar-refractivity contribution is 0.0205. The van der Waals surface area contributed by atoms with E-state index < -0.39 is 0 Å². The van der Waals surface area contributed by atoms with Gasteiger partial charge in [-0.2, -0.15) is 0 Å². The van der Waals surface area contributed by atoms with Crippen molar-refractivity contribution in [3.63, 3.8) is 0 Å². The molecule has 0 unspecified atom stereocenters. The van der Waals surface area contributed by atoms with Gasteiger partial charge in [0.25, 0.3) is 0 Å². The lowest BCUT2D eigenvalue weighted by Crippen LogP contribution is -2.33. The summed E-state index contributed by atoms with van der Waals surface area (Å²) in [5.41, 5.74) is 0. The Morgan fingerprint density at radius 1 is 1.20 bits per heavy atom. The average molecular weight is 213 g/mol. The van der Waals surface area contributed by atoms with Crippen LogP contribution in [0, 0.1) is 5.92 Å². The fourth-order valence-corrected chi connectivity index (χ4v) is 2.10. The first kappa shape index (κ1) is 13.0. The second-order valence-corrected chi connectivity index (χ2v) is 5.24. The Balaban J connectivity index is 2.08. The molecule has 15 heavy (non-hydrogen) atoms. The summed E-state index contributed by atoms with van der Waals surface area (Å²) in [5, 5.41) is 0. The number of nitrogens with zero attached hydrogens (tertiary/aromatic N) is 1. The van der Waals surface area contributed by atoms with E-state index in [0.717, 1.165) is 19.2 Å². The lowest BCUT2D eigenvalue weighted by Gasteiger charge is -2.25. The van der Waals surface area contributed by atoms with Gasteiger partial charge in [-0.25, -0.2) is 0 Å². The molecule has 0 heterocycles. The third-order valence-electron chi connectivity index (χ3n) is 3.71. The van der Waals surface area contributed by atoms with Crippen molar-refractivity contribution in [1.82, 2.24) is 4.90 Å². The number of rotatable bonds is 6. The predicted octanol–water partition coefficient (Wildman–Crippen LogP) is 2.92. The number of likely N-dealkylation sites (N-methyl/N-ethyl adjacent to an activating group) is 1. The molecule has 1 saturated carbocycles. The summed E-state index contributed by atoms with van der Waals surface area (Å²) >= 11 is 0. The quantitative estimate of drug-likeness (QED) is 0.672. The zero-order valence-electron chi connectivity index (χ0n) is 10.8. The molecule has 0 spiro atoms. The molecule has 2 nitrogen and oxygen atoms in total. The molecule has 0 saturated heterocycles. The molecule has 2 heteroatoms. The zero-order chi connectivity index (χ0) is 11.3. The van der Waals surface area contributed by atoms with Crippen LogP contribution < -0.4 is 0 Å². The van der Waals surface area contributed by atoms with Gasteiger partial charge in [-0.1, -0.05) is 26.7 Å². The molecule has 0 aromatic carbocycles. The highest BCUT2D eigenvalue weighted by atomic mass is 16.5. The van der Waals surface area contributed by atoms with E-state index in [0.29, 0.717) is 12.0 Å². The van der Waals surface area contributed by atoms with E-state index in [4.69, 9.17) is 4.74 Å². The predicted molar refractivity (Wildman–Crippen MR) is 65.1 cm³/mol. The second-order valence-electron chi connectivity index (χ2n) is 5.24. The van der Waals surface area contributed by atoms with Crippen molar-refractivity contribution in [2.75, 3.05) is 20.2 Å². The van der Waals surface area contributed by atoms with Crippen molar-refractivity contribution >= 4 is 0 Å². The Morgan fingerprint density at radius 2 is 1.80 bits per heavy atom. The summed E-state index contributed by atoms with van der Waals surface area (Å²) in [5.74, 6) is 0.627. The monoisotopic (exact) mass is 213 g/mol. The molecular formula is C13H27NO. The summed E-state index contributed by atoms with van der Waals surface area (Å²) in [7, 11) is 2.24. The number of ether oxygens (including phenoxy) is 1. The minimum Gasteiger partial charge on any atom is -0.377 e. The zero-order valence-corrected chi connectivity index (χ0v) is 10.8. The molecule has 0 bridgehead atoms. The fourth-order valence-electron chi connectivity index (χ4n) is 2.10. The van der Waals surface area contributed by atoms with Crippen LogP contribution in [0.4, 0.5) is 0 Å². The molecule has 1 atom stereocenters. The third-order valence-corrected chi connectivity index (χ3v) is 3.71. The highest BCUT2D eigenvalue weighted by Gasteiger charge is 2.19. The first-order valence-corrected chi connectivity index (χ1v) is 6.43. The molecule has 1 fully saturated rings. The fraction of sp³-hybridized carbons (Fsp3) is 1.00. The standard InChI is InChI=1S/C13H27NO/c1-11(2)12(3)15-10-9-14(4)13-7-5-6-8-13/h11-13H,5-10H2,1-4H3/t12-/m0/s1. The largest absolute Gasteiger partial charge is 0.377 e. The smallest absolute Gasteiger partial charge is 0.0597 e. The van der Waals surface area contributed by atoms with Crippen LogP contribution in [-0.2, 0) is 4.74 Å². The maximum atomic E-state index is 5.79. The molecule has 0 aromatic rings. The van der Waals surface area contributed by atoms with Crippen LogP contribution in [0.25, 0.3) is 0 Å². The van der Waals surface area contributed by atoms with Crippen LogP contribution in [0.2, 0.25) is 0 Å². The molecule has 0 radical (unpaired) electrons. The summed E-state index contributed by atoms with van der Waals surface area (Å²) in [4.78, 5) is 2.47. The lowest BCUT2D eigenvalue weighted by atomic mass is 10.1. The first-order valence-electron chi connectivity index (χ1n) is 6.43. The SMILES string of the molecule is CC(C)[C@H](C)OCCN(C)C1CCCC1. The summed E-state index contributed by atoms with van der Waals surface area (Å²) in [6.45, 7) is 8.56. The minimum atomic E-state index is 0.391. The van der Waals surface area contributed by atoms with Gasteiger partial charge < -0.3 is 9.64 Å². The van der Waals surface area contributed by atoms with Crippen LogP contribution in [-0.4, -0.2) is 37.2 Å². The van der Waals surface area contributed by atoms with Crippen LogP contribution in [0.15, 0.2) is 0 Å². The maximum absolute atomic E-state index is 5.79. The second kappa shape index (κ2) is 6.49. The molecule has 0 amide bonds. The summed E-state index contributed by atoms with van der Waals surface area (Å²) < 4.78 is 5.79. The molecule has 1 rings (SSSR count). The molecule has 0 aliphatic heterocycles. The topological polar surface area (TPSA) is 12.5 Å². The molecular weight excluding hydrogens is 186 g/mol. The van der Waals surface area contributed by atoms with Crippen LogP contribution in [0.3, 0.4) is 0 Å². The van der Waals surface area contributed by atoms with Crippen LogP contribution in [0.1, 0.15) is 46.5 Å². The average Bonchev–Trinajstić information content (AvgIpc) is 2.70. The number of hydrogen-bond donors (Lipinski definition) is 0. The third kappa shape index (κ3) is 4.52.